The minimum atomic E-state index is -0.297. The molecule has 0 fully saturated rings. The minimum Gasteiger partial charge on any atom is -0.441 e. The summed E-state index contributed by atoms with van der Waals surface area (Å²) in [7, 11) is 0. The second kappa shape index (κ2) is 7.97. The summed E-state index contributed by atoms with van der Waals surface area (Å²) in [5.41, 5.74) is 1.53. The number of nitrogens with zero attached hydrogens (tertiary/aromatic N) is 1. The van der Waals surface area contributed by atoms with Crippen molar-refractivity contribution in [3.8, 4) is 11.5 Å². The van der Waals surface area contributed by atoms with Crippen LogP contribution in [0.2, 0.25) is 0 Å². The minimum absolute atomic E-state index is 0.00157. The molecule has 2 rings (SSSR count). The highest BCUT2D eigenvalue weighted by molar-refractivity contribution is 5.89. The van der Waals surface area contributed by atoms with E-state index in [-0.39, 0.29) is 24.6 Å². The Bertz CT molecular complexity index is 664. The van der Waals surface area contributed by atoms with Gasteiger partial charge in [0.1, 0.15) is 5.76 Å². The molecule has 0 aliphatic carbocycles. The normalized spacial score (nSPS) is 13.6. The Balaban J connectivity index is 1.97. The fourth-order valence-corrected chi connectivity index (χ4v) is 2.06. The Morgan fingerprint density at radius 3 is 2.42 bits per heavy atom. The van der Waals surface area contributed by atoms with Gasteiger partial charge in [-0.3, -0.25) is 0 Å². The third kappa shape index (κ3) is 4.58. The molecule has 2 amide bonds. The summed E-state index contributed by atoms with van der Waals surface area (Å²) in [6.45, 7) is 7.87. The summed E-state index contributed by atoms with van der Waals surface area (Å²) in [5.74, 6) is 1.70. The van der Waals surface area contributed by atoms with Gasteiger partial charge in [0.25, 0.3) is 0 Å². The molecular weight excluding hydrogens is 306 g/mol. The van der Waals surface area contributed by atoms with E-state index < -0.39 is 0 Å². The van der Waals surface area contributed by atoms with Crippen molar-refractivity contribution in [2.75, 3.05) is 11.9 Å². The Kier molecular flexibility index (Phi) is 5.98. The van der Waals surface area contributed by atoms with Crippen LogP contribution in [-0.4, -0.2) is 28.8 Å². The van der Waals surface area contributed by atoms with Crippen molar-refractivity contribution in [1.29, 1.82) is 0 Å². The summed E-state index contributed by atoms with van der Waals surface area (Å²) in [5, 5.41) is 14.7. The lowest BCUT2D eigenvalue weighted by Crippen LogP contribution is -2.40. The van der Waals surface area contributed by atoms with Crippen LogP contribution < -0.4 is 10.6 Å². The van der Waals surface area contributed by atoms with Crippen molar-refractivity contribution in [2.45, 2.75) is 39.7 Å². The summed E-state index contributed by atoms with van der Waals surface area (Å²) in [4.78, 5) is 16.2. The molecule has 1 heterocycles. The first-order chi connectivity index (χ1) is 11.4. The molecule has 0 aliphatic rings. The molecule has 3 N–H and O–H groups in total. The van der Waals surface area contributed by atoms with Gasteiger partial charge in [-0.1, -0.05) is 20.8 Å². The molecule has 1 aromatic heterocycles. The van der Waals surface area contributed by atoms with E-state index in [1.807, 2.05) is 26.0 Å². The Morgan fingerprint density at radius 1 is 1.21 bits per heavy atom. The zero-order valence-corrected chi connectivity index (χ0v) is 14.5. The van der Waals surface area contributed by atoms with Crippen LogP contribution in [0.15, 0.2) is 34.9 Å². The van der Waals surface area contributed by atoms with Gasteiger partial charge in [-0.15, -0.1) is 0 Å². The van der Waals surface area contributed by atoms with Gasteiger partial charge in [-0.05, 0) is 37.1 Å². The smallest absolute Gasteiger partial charge is 0.319 e. The molecule has 2 atom stereocenters. The number of aromatic nitrogens is 1. The number of hydrogen-bond donors (Lipinski definition) is 3. The third-order valence-electron chi connectivity index (χ3n) is 3.98. The molecule has 0 saturated heterocycles. The Labute approximate surface area is 142 Å². The highest BCUT2D eigenvalue weighted by atomic mass is 16.4. The van der Waals surface area contributed by atoms with E-state index in [2.05, 4.69) is 29.5 Å². The van der Waals surface area contributed by atoms with E-state index >= 15 is 0 Å². The number of aliphatic hydroxyl groups is 1. The van der Waals surface area contributed by atoms with Gasteiger partial charge in [0, 0.05) is 29.8 Å². The van der Waals surface area contributed by atoms with E-state index in [0.29, 0.717) is 17.5 Å². The lowest BCUT2D eigenvalue weighted by molar-refractivity contribution is 0.204. The highest BCUT2D eigenvalue weighted by Crippen LogP contribution is 2.24. The van der Waals surface area contributed by atoms with Crippen molar-refractivity contribution in [2.24, 2.45) is 5.92 Å². The molecule has 0 radical (unpaired) electrons. The van der Waals surface area contributed by atoms with E-state index in [1.165, 1.54) is 0 Å². The van der Waals surface area contributed by atoms with Crippen LogP contribution in [0.4, 0.5) is 10.5 Å². The second-order valence-electron chi connectivity index (χ2n) is 6.35. The quantitative estimate of drug-likeness (QED) is 0.754. The van der Waals surface area contributed by atoms with E-state index in [9.17, 15) is 4.79 Å². The number of carbonyl (C=O) groups excluding carboxylic acids is 1. The van der Waals surface area contributed by atoms with Gasteiger partial charge < -0.3 is 20.2 Å². The van der Waals surface area contributed by atoms with Gasteiger partial charge in [-0.25, -0.2) is 9.78 Å². The number of urea groups is 1. The Hall–Kier alpha value is -2.34. The van der Waals surface area contributed by atoms with Crippen molar-refractivity contribution >= 4 is 11.7 Å². The molecule has 6 nitrogen and oxygen atoms in total. The molecule has 0 unspecified atom stereocenters. The standard InChI is InChI=1S/C18H25N3O3/c1-11(2)16-9-19-17(24-16)14-5-7-15(8-6-14)21-18(23)20-13(4)12(3)10-22/h5-9,11-13,22H,10H2,1-4H3,(H2,20,21,23)/t12-,13+/m1/s1. The average Bonchev–Trinajstić information content (AvgIpc) is 3.04. The zero-order valence-electron chi connectivity index (χ0n) is 14.5. The molecule has 0 aliphatic heterocycles. The number of aliphatic hydroxyl groups excluding tert-OH is 1. The topological polar surface area (TPSA) is 87.4 Å². The summed E-state index contributed by atoms with van der Waals surface area (Å²) in [6.07, 6.45) is 1.74. The summed E-state index contributed by atoms with van der Waals surface area (Å²) in [6, 6.07) is 6.89. The first-order valence-electron chi connectivity index (χ1n) is 8.15. The van der Waals surface area contributed by atoms with Crippen molar-refractivity contribution in [1.82, 2.24) is 10.3 Å². The molecule has 0 spiro atoms. The molecule has 130 valence electrons. The largest absolute Gasteiger partial charge is 0.441 e. The third-order valence-corrected chi connectivity index (χ3v) is 3.98. The maximum atomic E-state index is 11.9. The molecule has 6 heteroatoms. The number of hydrogen-bond acceptors (Lipinski definition) is 4. The zero-order chi connectivity index (χ0) is 17.7. The molecule has 2 aromatic rings. The molecular formula is C18H25N3O3. The van der Waals surface area contributed by atoms with Crippen molar-refractivity contribution < 1.29 is 14.3 Å². The van der Waals surface area contributed by atoms with E-state index in [1.54, 1.807) is 18.3 Å². The number of carbonyl (C=O) groups is 1. The van der Waals surface area contributed by atoms with Gasteiger partial charge >= 0.3 is 6.03 Å². The van der Waals surface area contributed by atoms with Gasteiger partial charge in [0.15, 0.2) is 0 Å². The molecule has 24 heavy (non-hydrogen) atoms. The maximum absolute atomic E-state index is 11.9. The maximum Gasteiger partial charge on any atom is 0.319 e. The lowest BCUT2D eigenvalue weighted by atomic mass is 10.1. The first-order valence-corrected chi connectivity index (χ1v) is 8.15. The fourth-order valence-electron chi connectivity index (χ4n) is 2.06. The predicted octanol–water partition coefficient (Wildman–Crippen LogP) is 3.60. The van der Waals surface area contributed by atoms with Gasteiger partial charge in [0.2, 0.25) is 5.89 Å². The highest BCUT2D eigenvalue weighted by Gasteiger charge is 2.14. The predicted molar refractivity (Wildman–Crippen MR) is 93.9 cm³/mol. The van der Waals surface area contributed by atoms with Crippen LogP contribution in [0.25, 0.3) is 11.5 Å². The number of amides is 2. The summed E-state index contributed by atoms with van der Waals surface area (Å²) >= 11 is 0. The first kappa shape index (κ1) is 18.0. The fraction of sp³-hybridized carbons (Fsp3) is 0.444. The number of rotatable bonds is 6. The number of benzene rings is 1. The molecule has 0 saturated carbocycles. The van der Waals surface area contributed by atoms with Crippen LogP contribution in [-0.2, 0) is 0 Å². The van der Waals surface area contributed by atoms with Crippen LogP contribution in [0.3, 0.4) is 0 Å². The number of anilines is 1. The average molecular weight is 331 g/mol. The second-order valence-corrected chi connectivity index (χ2v) is 6.35. The van der Waals surface area contributed by atoms with Crippen LogP contribution in [0.5, 0.6) is 0 Å². The van der Waals surface area contributed by atoms with E-state index in [4.69, 9.17) is 9.52 Å². The van der Waals surface area contributed by atoms with E-state index in [0.717, 1.165) is 11.3 Å². The Morgan fingerprint density at radius 2 is 1.88 bits per heavy atom. The van der Waals surface area contributed by atoms with Gasteiger partial charge in [-0.2, -0.15) is 0 Å². The van der Waals surface area contributed by atoms with Crippen molar-refractivity contribution in [3.63, 3.8) is 0 Å². The monoisotopic (exact) mass is 331 g/mol. The molecule has 1 aromatic carbocycles. The van der Waals surface area contributed by atoms with Crippen molar-refractivity contribution in [3.05, 3.63) is 36.2 Å². The lowest BCUT2D eigenvalue weighted by Gasteiger charge is -2.19. The number of oxazole rings is 1. The van der Waals surface area contributed by atoms with Crippen LogP contribution in [0.1, 0.15) is 39.4 Å². The number of nitrogens with one attached hydrogen (secondary N) is 2. The van der Waals surface area contributed by atoms with Gasteiger partial charge in [0.05, 0.1) is 6.20 Å². The molecule has 0 bridgehead atoms. The SMILES string of the molecule is CC(C)c1cnc(-c2ccc(NC(=O)N[C@@H](C)[C@H](C)CO)cc2)o1. The summed E-state index contributed by atoms with van der Waals surface area (Å²) < 4.78 is 5.71. The van der Waals surface area contributed by atoms with Crippen LogP contribution >= 0.6 is 0 Å². The van der Waals surface area contributed by atoms with Crippen LogP contribution in [0, 0.1) is 5.92 Å².